The van der Waals surface area contributed by atoms with Gasteiger partial charge in [-0.2, -0.15) is 5.10 Å². The van der Waals surface area contributed by atoms with Gasteiger partial charge in [0.1, 0.15) is 6.10 Å². The van der Waals surface area contributed by atoms with Crippen LogP contribution in [0.1, 0.15) is 84.1 Å². The molecule has 6 aliphatic rings. The number of aromatic nitrogens is 3. The summed E-state index contributed by atoms with van der Waals surface area (Å²) in [6.07, 6.45) is 9.59. The Morgan fingerprint density at radius 1 is 1.12 bits per heavy atom. The average Bonchev–Trinajstić information content (AvgIpc) is 3.62. The van der Waals surface area contributed by atoms with Gasteiger partial charge < -0.3 is 15.4 Å². The number of nitrogens with two attached hydrogens (primary N) is 1. The lowest BCUT2D eigenvalue weighted by molar-refractivity contribution is 0.0706. The van der Waals surface area contributed by atoms with Crippen LogP contribution in [0, 0.1) is 24.7 Å². The van der Waals surface area contributed by atoms with Crippen molar-refractivity contribution in [3.05, 3.63) is 40.8 Å². The zero-order valence-corrected chi connectivity index (χ0v) is 20.0. The van der Waals surface area contributed by atoms with Crippen molar-refractivity contribution in [3.8, 4) is 5.88 Å². The molecule has 2 N–H and O–H groups in total. The molecule has 1 amide bonds. The Labute approximate surface area is 201 Å². The second-order valence-electron chi connectivity index (χ2n) is 11.4. The van der Waals surface area contributed by atoms with Crippen LogP contribution >= 0.6 is 0 Å². The summed E-state index contributed by atoms with van der Waals surface area (Å²) < 4.78 is 8.43. The van der Waals surface area contributed by atoms with E-state index in [1.807, 2.05) is 17.2 Å². The van der Waals surface area contributed by atoms with Gasteiger partial charge in [-0.1, -0.05) is 6.07 Å². The summed E-state index contributed by atoms with van der Waals surface area (Å²) in [5.74, 6) is 4.66. The predicted octanol–water partition coefficient (Wildman–Crippen LogP) is 3.62. The second kappa shape index (κ2) is 7.80. The van der Waals surface area contributed by atoms with Gasteiger partial charge in [0.05, 0.1) is 0 Å². The van der Waals surface area contributed by atoms with E-state index in [1.54, 1.807) is 0 Å². The molecule has 34 heavy (non-hydrogen) atoms. The molecule has 7 heteroatoms. The quantitative estimate of drug-likeness (QED) is 0.710. The van der Waals surface area contributed by atoms with Crippen LogP contribution < -0.4 is 10.5 Å². The number of likely N-dealkylation sites (tertiary alicyclic amines) is 1. The van der Waals surface area contributed by atoms with E-state index in [2.05, 4.69) is 22.7 Å². The monoisotopic (exact) mass is 461 g/mol. The summed E-state index contributed by atoms with van der Waals surface area (Å²) in [7, 11) is 0. The third kappa shape index (κ3) is 3.30. The summed E-state index contributed by atoms with van der Waals surface area (Å²) in [5, 5.41) is 4.95. The van der Waals surface area contributed by atoms with Crippen molar-refractivity contribution in [1.29, 1.82) is 0 Å². The average molecular weight is 462 g/mol. The molecule has 0 spiro atoms. The van der Waals surface area contributed by atoms with Gasteiger partial charge in [0.2, 0.25) is 5.88 Å². The van der Waals surface area contributed by atoms with E-state index < -0.39 is 0 Å². The fourth-order valence-corrected chi connectivity index (χ4v) is 7.11. The van der Waals surface area contributed by atoms with E-state index in [0.717, 1.165) is 80.7 Å². The third-order valence-corrected chi connectivity index (χ3v) is 9.31. The molecule has 8 rings (SSSR count). The Bertz CT molecular complexity index is 1100. The highest BCUT2D eigenvalue weighted by molar-refractivity contribution is 5.95. The fraction of sp³-hybridized carbons (Fsp3) is 0.667. The molecule has 2 unspecified atom stereocenters. The minimum Gasteiger partial charge on any atom is -0.474 e. The number of pyridine rings is 1. The van der Waals surface area contributed by atoms with Gasteiger partial charge in [0.15, 0.2) is 5.69 Å². The molecule has 7 nitrogen and oxygen atoms in total. The molecule has 4 fully saturated rings. The van der Waals surface area contributed by atoms with Crippen LogP contribution in [0.5, 0.6) is 5.88 Å². The topological polar surface area (TPSA) is 86.3 Å². The maximum atomic E-state index is 13.4. The SMILES string of the molecule is Cc1cccnc1O[C@H]1CC[C@@H](CCn2nc(C(=O)N3CCC(N)CC3)c3c2C2C4[C@H]2[C@H]34)CC1. The van der Waals surface area contributed by atoms with Gasteiger partial charge in [-0.05, 0) is 81.6 Å². The Hall–Kier alpha value is -2.41. The van der Waals surface area contributed by atoms with Crippen LogP contribution in [-0.2, 0) is 6.54 Å². The van der Waals surface area contributed by atoms with Crippen molar-refractivity contribution >= 4 is 5.91 Å². The minimum atomic E-state index is 0.149. The summed E-state index contributed by atoms with van der Waals surface area (Å²) in [5.41, 5.74) is 10.7. The van der Waals surface area contributed by atoms with Crippen molar-refractivity contribution in [2.45, 2.75) is 82.4 Å². The van der Waals surface area contributed by atoms with Gasteiger partial charge in [0.25, 0.3) is 5.91 Å². The fourth-order valence-electron chi connectivity index (χ4n) is 7.11. The highest BCUT2D eigenvalue weighted by Gasteiger charge is 2.81. The molecule has 0 radical (unpaired) electrons. The zero-order chi connectivity index (χ0) is 23.0. The molecule has 180 valence electrons. The van der Waals surface area contributed by atoms with Crippen LogP contribution in [0.15, 0.2) is 18.3 Å². The Morgan fingerprint density at radius 2 is 1.88 bits per heavy atom. The molecule has 4 atom stereocenters. The number of ether oxygens (including phenoxy) is 1. The smallest absolute Gasteiger partial charge is 0.274 e. The Morgan fingerprint density at radius 3 is 2.62 bits per heavy atom. The second-order valence-corrected chi connectivity index (χ2v) is 11.4. The van der Waals surface area contributed by atoms with Crippen LogP contribution in [0.4, 0.5) is 0 Å². The van der Waals surface area contributed by atoms with Crippen molar-refractivity contribution in [2.75, 3.05) is 13.1 Å². The largest absolute Gasteiger partial charge is 0.474 e. The molecule has 0 aromatic carbocycles. The number of carbonyl (C=O) groups is 1. The summed E-state index contributed by atoms with van der Waals surface area (Å²) in [6, 6.07) is 4.25. The first-order valence-electron chi connectivity index (χ1n) is 13.3. The van der Waals surface area contributed by atoms with Gasteiger partial charge >= 0.3 is 0 Å². The lowest BCUT2D eigenvalue weighted by atomic mass is 9.85. The van der Waals surface area contributed by atoms with E-state index in [-0.39, 0.29) is 18.1 Å². The molecule has 1 aliphatic heterocycles. The standard InChI is InChI=1S/C27H35N5O2/c1-15-3-2-11-29-26(15)34-18-6-4-16(5-7-18)8-14-32-25-22-19-20(22)21(19)23(25)24(30-32)27(33)31-12-9-17(28)10-13-31/h2-3,11,16-22H,4-10,12-14,28H2,1H3/t16-,18+,19-,20?,21-,22?/m0/s1. The van der Waals surface area contributed by atoms with Crippen LogP contribution in [-0.4, -0.2) is 50.8 Å². The van der Waals surface area contributed by atoms with Crippen LogP contribution in [0.3, 0.4) is 0 Å². The number of aryl methyl sites for hydroxylation is 2. The number of piperidine rings is 1. The molecule has 2 bridgehead atoms. The van der Waals surface area contributed by atoms with E-state index in [0.29, 0.717) is 17.8 Å². The normalized spacial score (nSPS) is 33.4. The molecule has 5 aliphatic carbocycles. The van der Waals surface area contributed by atoms with E-state index in [1.165, 1.54) is 24.1 Å². The number of rotatable bonds is 6. The van der Waals surface area contributed by atoms with Crippen LogP contribution in [0.25, 0.3) is 0 Å². The molecule has 3 saturated carbocycles. The van der Waals surface area contributed by atoms with Crippen molar-refractivity contribution in [1.82, 2.24) is 19.7 Å². The first kappa shape index (κ1) is 20.9. The number of hydrogen-bond acceptors (Lipinski definition) is 5. The maximum Gasteiger partial charge on any atom is 0.274 e. The predicted molar refractivity (Wildman–Crippen MR) is 128 cm³/mol. The zero-order valence-electron chi connectivity index (χ0n) is 20.0. The number of hydrogen-bond donors (Lipinski definition) is 1. The van der Waals surface area contributed by atoms with Gasteiger partial charge in [0, 0.05) is 54.6 Å². The van der Waals surface area contributed by atoms with Crippen molar-refractivity contribution in [2.24, 2.45) is 23.5 Å². The molecule has 2 aromatic heterocycles. The highest BCUT2D eigenvalue weighted by Crippen LogP contribution is 2.88. The summed E-state index contributed by atoms with van der Waals surface area (Å²) in [4.78, 5) is 19.7. The summed E-state index contributed by atoms with van der Waals surface area (Å²) in [6.45, 7) is 4.54. The lowest BCUT2D eigenvalue weighted by Gasteiger charge is -2.30. The molecule has 2 aromatic rings. The maximum absolute atomic E-state index is 13.4. The first-order chi connectivity index (χ1) is 16.6. The van der Waals surface area contributed by atoms with E-state index >= 15 is 0 Å². The summed E-state index contributed by atoms with van der Waals surface area (Å²) >= 11 is 0. The van der Waals surface area contributed by atoms with Crippen molar-refractivity contribution in [3.63, 3.8) is 0 Å². The van der Waals surface area contributed by atoms with E-state index in [9.17, 15) is 4.79 Å². The lowest BCUT2D eigenvalue weighted by Crippen LogP contribution is -2.43. The molecule has 1 saturated heterocycles. The molecule has 3 heterocycles. The Balaban J connectivity index is 0.988. The Kier molecular flexibility index (Phi) is 4.80. The number of nitrogens with zero attached hydrogens (tertiary/aromatic N) is 4. The highest BCUT2D eigenvalue weighted by atomic mass is 16.5. The minimum absolute atomic E-state index is 0.149. The van der Waals surface area contributed by atoms with Gasteiger partial charge in [-0.3, -0.25) is 9.48 Å². The number of carbonyl (C=O) groups excluding carboxylic acids is 1. The first-order valence-corrected chi connectivity index (χ1v) is 13.3. The van der Waals surface area contributed by atoms with Crippen molar-refractivity contribution < 1.29 is 9.53 Å². The third-order valence-electron chi connectivity index (χ3n) is 9.31. The molecular weight excluding hydrogens is 426 g/mol. The van der Waals surface area contributed by atoms with Gasteiger partial charge in [-0.15, -0.1) is 0 Å². The molecular formula is C27H35N5O2. The number of amides is 1. The van der Waals surface area contributed by atoms with Crippen LogP contribution in [0.2, 0.25) is 0 Å². The van der Waals surface area contributed by atoms with Gasteiger partial charge in [-0.25, -0.2) is 4.98 Å². The van der Waals surface area contributed by atoms with E-state index in [4.69, 9.17) is 15.6 Å².